The highest BCUT2D eigenvalue weighted by molar-refractivity contribution is 7.00. The zero-order valence-corrected chi connectivity index (χ0v) is 47.2. The van der Waals surface area contributed by atoms with Gasteiger partial charge in [-0.3, -0.25) is 0 Å². The maximum atomic E-state index is 6.10. The molecular formula is C81H50BN5. The third kappa shape index (κ3) is 5.78. The highest BCUT2D eigenvalue weighted by atomic mass is 15.2. The summed E-state index contributed by atoms with van der Waals surface area (Å²) < 4.78 is 0. The molecule has 0 bridgehead atoms. The van der Waals surface area contributed by atoms with E-state index in [-0.39, 0.29) is 6.71 Å². The average Bonchev–Trinajstić information content (AvgIpc) is 0.672. The summed E-state index contributed by atoms with van der Waals surface area (Å²) in [5.74, 6) is 0. The van der Waals surface area contributed by atoms with Gasteiger partial charge in [-0.15, -0.1) is 0 Å². The Morgan fingerprint density at radius 3 is 1.08 bits per heavy atom. The molecule has 5 nitrogen and oxygen atoms in total. The van der Waals surface area contributed by atoms with Gasteiger partial charge in [0.2, 0.25) is 0 Å². The van der Waals surface area contributed by atoms with Crippen LogP contribution in [-0.4, -0.2) is 11.7 Å². The lowest BCUT2D eigenvalue weighted by atomic mass is 9.32. The first-order valence-corrected chi connectivity index (χ1v) is 30.3. The highest BCUT2D eigenvalue weighted by Gasteiger charge is 2.59. The van der Waals surface area contributed by atoms with Crippen molar-refractivity contribution < 1.29 is 0 Å². The van der Waals surface area contributed by atoms with Gasteiger partial charge in [-0.1, -0.05) is 237 Å². The lowest BCUT2D eigenvalue weighted by Gasteiger charge is -2.56. The standard InChI is InChI=1S/C81H50BN5/c1-4-26-51(27-5-1)75-55-33-11-10-32-54(55)56-50-73-74-79(76(56)83-75)87-72-49-23-17-39-62(72)81(59-36-14-20-46-69(59)85(53-30-8-3-9-31-53)70-47-21-15-37-60(70)81)64-41-25-43-66(78(64)87)82(74)65-42-24-40-63-77(65)86(73)71-48-22-16-38-61(71)80(63)57-34-12-18-44-67(57)84(52-28-6-2-7-29-52)68-45-19-13-35-58(68)80/h1-50H. The average molecular weight is 1100 g/mol. The lowest BCUT2D eigenvalue weighted by Crippen LogP contribution is -2.63. The Morgan fingerprint density at radius 2 is 0.621 bits per heavy atom. The van der Waals surface area contributed by atoms with E-state index in [1.807, 2.05) is 0 Å². The molecule has 6 heteroatoms. The van der Waals surface area contributed by atoms with Gasteiger partial charge in [0.15, 0.2) is 0 Å². The Kier molecular flexibility index (Phi) is 9.34. The molecule has 0 unspecified atom stereocenters. The molecule has 402 valence electrons. The van der Waals surface area contributed by atoms with Crippen LogP contribution in [0.25, 0.3) is 32.9 Å². The van der Waals surface area contributed by atoms with E-state index in [0.717, 1.165) is 50.3 Å². The van der Waals surface area contributed by atoms with E-state index >= 15 is 0 Å². The van der Waals surface area contributed by atoms with Crippen LogP contribution >= 0.6 is 0 Å². The molecule has 13 aromatic carbocycles. The van der Waals surface area contributed by atoms with Crippen molar-refractivity contribution in [2.45, 2.75) is 10.8 Å². The molecule has 6 aliphatic heterocycles. The van der Waals surface area contributed by atoms with Crippen LogP contribution in [0.4, 0.5) is 68.2 Å². The van der Waals surface area contributed by atoms with Crippen LogP contribution in [0.15, 0.2) is 303 Å². The van der Waals surface area contributed by atoms with Gasteiger partial charge in [0.1, 0.15) is 0 Å². The first kappa shape index (κ1) is 47.2. The summed E-state index contributed by atoms with van der Waals surface area (Å²) in [5, 5.41) is 3.42. The normalized spacial score (nSPS) is 15.0. The SMILES string of the molecule is c1ccc(-c2nc3c4c5c(cc3c3ccccc23)N2c3ccccc3C3(c6ccccc6N(c6ccccc6)c6ccccc63)c3cccc(c32)B5c2cccc3c2N4c2ccccc2C32c3ccccc3N(c3ccccc3)c3ccccc32)cc1. The first-order valence-electron chi connectivity index (χ1n) is 30.3. The van der Waals surface area contributed by atoms with E-state index in [1.165, 1.54) is 112 Å². The Hall–Kier alpha value is -11.2. The Bertz CT molecular complexity index is 5190. The Labute approximate surface area is 504 Å². The molecule has 2 spiro atoms. The second-order valence-corrected chi connectivity index (χ2v) is 24.0. The van der Waals surface area contributed by atoms with E-state index in [2.05, 4.69) is 323 Å². The molecule has 6 aliphatic rings. The van der Waals surface area contributed by atoms with E-state index in [9.17, 15) is 0 Å². The zero-order chi connectivity index (χ0) is 56.7. The van der Waals surface area contributed by atoms with Crippen molar-refractivity contribution in [2.24, 2.45) is 0 Å². The topological polar surface area (TPSA) is 25.9 Å². The van der Waals surface area contributed by atoms with Crippen molar-refractivity contribution in [2.75, 3.05) is 19.6 Å². The van der Waals surface area contributed by atoms with Crippen LogP contribution in [0.5, 0.6) is 0 Å². The molecule has 0 saturated carbocycles. The molecule has 0 amide bonds. The lowest BCUT2D eigenvalue weighted by molar-refractivity contribution is 0.718. The maximum absolute atomic E-state index is 6.10. The minimum Gasteiger partial charge on any atom is -0.311 e. The summed E-state index contributed by atoms with van der Waals surface area (Å²) in [6.07, 6.45) is 0. The molecule has 14 aromatic rings. The fourth-order valence-corrected chi connectivity index (χ4v) is 17.1. The van der Waals surface area contributed by atoms with Crippen LogP contribution in [0.3, 0.4) is 0 Å². The van der Waals surface area contributed by atoms with Crippen LogP contribution in [0.1, 0.15) is 44.5 Å². The molecule has 0 atom stereocenters. The molecule has 0 N–H and O–H groups in total. The van der Waals surface area contributed by atoms with E-state index in [0.29, 0.717) is 0 Å². The van der Waals surface area contributed by atoms with Gasteiger partial charge in [-0.05, 0) is 133 Å². The van der Waals surface area contributed by atoms with Crippen molar-refractivity contribution in [1.82, 2.24) is 4.98 Å². The van der Waals surface area contributed by atoms with E-state index in [4.69, 9.17) is 4.98 Å². The van der Waals surface area contributed by atoms with E-state index in [1.54, 1.807) is 0 Å². The number of aromatic nitrogens is 1. The van der Waals surface area contributed by atoms with Crippen molar-refractivity contribution in [3.05, 3.63) is 348 Å². The summed E-state index contributed by atoms with van der Waals surface area (Å²) in [7, 11) is 0. The maximum Gasteiger partial charge on any atom is 0.252 e. The second kappa shape index (κ2) is 17.2. The van der Waals surface area contributed by atoms with Gasteiger partial charge in [-0.25, -0.2) is 4.98 Å². The highest BCUT2D eigenvalue weighted by Crippen LogP contribution is 2.68. The van der Waals surface area contributed by atoms with Gasteiger partial charge in [-0.2, -0.15) is 0 Å². The molecule has 7 heterocycles. The van der Waals surface area contributed by atoms with E-state index < -0.39 is 10.8 Å². The van der Waals surface area contributed by atoms with Crippen LogP contribution < -0.4 is 36.0 Å². The summed E-state index contributed by atoms with van der Waals surface area (Å²) in [5.41, 5.74) is 29.4. The molecule has 1 aromatic heterocycles. The minimum absolute atomic E-state index is 0.209. The first-order chi connectivity index (χ1) is 43.2. The van der Waals surface area contributed by atoms with Crippen LogP contribution in [0, 0.1) is 0 Å². The number of hydrogen-bond donors (Lipinski definition) is 0. The third-order valence-electron chi connectivity index (χ3n) is 20.1. The smallest absolute Gasteiger partial charge is 0.252 e. The fourth-order valence-electron chi connectivity index (χ4n) is 17.1. The number of pyridine rings is 1. The summed E-state index contributed by atoms with van der Waals surface area (Å²) in [4.78, 5) is 16.4. The third-order valence-corrected chi connectivity index (χ3v) is 20.1. The number of hydrogen-bond acceptors (Lipinski definition) is 5. The minimum atomic E-state index is -0.739. The quantitative estimate of drug-likeness (QED) is 0.130. The molecule has 20 rings (SSSR count). The molecule has 87 heavy (non-hydrogen) atoms. The van der Waals surface area contributed by atoms with Crippen molar-refractivity contribution in [3.63, 3.8) is 0 Å². The molecule has 0 radical (unpaired) electrons. The summed E-state index contributed by atoms with van der Waals surface area (Å²) in [6, 6.07) is 114. The molecular weight excluding hydrogens is 1050 g/mol. The molecule has 0 fully saturated rings. The second-order valence-electron chi connectivity index (χ2n) is 24.0. The molecule has 0 aliphatic carbocycles. The number of rotatable bonds is 3. The van der Waals surface area contributed by atoms with Gasteiger partial charge in [0.05, 0.1) is 61.9 Å². The van der Waals surface area contributed by atoms with Gasteiger partial charge in [0, 0.05) is 44.8 Å². The number of para-hydroxylation sites is 10. The predicted octanol–water partition coefficient (Wildman–Crippen LogP) is 18.1. The number of anilines is 12. The zero-order valence-electron chi connectivity index (χ0n) is 47.2. The fraction of sp³-hybridized carbons (Fsp3) is 0.0247. The number of nitrogens with zero attached hydrogens (tertiary/aromatic N) is 5. The predicted molar refractivity (Wildman–Crippen MR) is 359 cm³/mol. The molecule has 0 saturated heterocycles. The largest absolute Gasteiger partial charge is 0.311 e. The van der Waals surface area contributed by atoms with Crippen molar-refractivity contribution >= 4 is 113 Å². The Balaban J connectivity index is 0.955. The monoisotopic (exact) mass is 1100 g/mol. The van der Waals surface area contributed by atoms with Gasteiger partial charge >= 0.3 is 0 Å². The number of benzene rings is 13. The number of fused-ring (bicyclic) bond motifs is 24. The summed E-state index contributed by atoms with van der Waals surface area (Å²) >= 11 is 0. The van der Waals surface area contributed by atoms with Crippen molar-refractivity contribution in [1.29, 1.82) is 0 Å². The van der Waals surface area contributed by atoms with Gasteiger partial charge < -0.3 is 19.6 Å². The van der Waals surface area contributed by atoms with Crippen LogP contribution in [0.2, 0.25) is 0 Å². The van der Waals surface area contributed by atoms with Gasteiger partial charge in [0.25, 0.3) is 6.71 Å². The van der Waals surface area contributed by atoms with Crippen LogP contribution in [-0.2, 0) is 10.8 Å². The summed E-state index contributed by atoms with van der Waals surface area (Å²) in [6.45, 7) is -0.209. The van der Waals surface area contributed by atoms with Crippen molar-refractivity contribution in [3.8, 4) is 11.3 Å². The Morgan fingerprint density at radius 1 is 0.264 bits per heavy atom.